The molecule has 0 aliphatic rings. The summed E-state index contributed by atoms with van der Waals surface area (Å²) in [7, 11) is 1.01. The Morgan fingerprint density at radius 2 is 2.05 bits per heavy atom. The molecule has 0 N–H and O–H groups in total. The van der Waals surface area contributed by atoms with Crippen LogP contribution in [0.5, 0.6) is 5.75 Å². The van der Waals surface area contributed by atoms with E-state index in [9.17, 15) is 26.7 Å². The fourth-order valence-corrected chi connectivity index (χ4v) is 1.98. The molecule has 0 aliphatic heterocycles. The van der Waals surface area contributed by atoms with Gasteiger partial charge in [0.1, 0.15) is 5.69 Å². The van der Waals surface area contributed by atoms with Crippen LogP contribution in [0.3, 0.4) is 0 Å². The molecule has 1 aromatic rings. The second-order valence-corrected chi connectivity index (χ2v) is 4.57. The van der Waals surface area contributed by atoms with Gasteiger partial charge in [0, 0.05) is 0 Å². The van der Waals surface area contributed by atoms with Crippen molar-refractivity contribution in [2.24, 2.45) is 0 Å². The molecule has 0 unspecified atom stereocenters. The van der Waals surface area contributed by atoms with Crippen molar-refractivity contribution in [2.45, 2.75) is 19.2 Å². The fraction of sp³-hybridized carbons (Fsp3) is 0.400. The van der Waals surface area contributed by atoms with E-state index in [0.29, 0.717) is 0 Å². The number of carbonyl (C=O) groups is 1. The lowest BCUT2D eigenvalue weighted by molar-refractivity contribution is -0.275. The van der Waals surface area contributed by atoms with E-state index in [4.69, 9.17) is 0 Å². The largest absolute Gasteiger partial charge is 0.573 e. The molecule has 0 amide bonds. The summed E-state index contributed by atoms with van der Waals surface area (Å²) in [5, 5.41) is 0. The molecule has 0 saturated carbocycles. The molecule has 112 valence electrons. The predicted octanol–water partition coefficient (Wildman–Crippen LogP) is 3.24. The topological polar surface area (TPSA) is 48.4 Å². The highest BCUT2D eigenvalue weighted by molar-refractivity contribution is 14.1. The average Bonchev–Trinajstić information content (AvgIpc) is 2.31. The van der Waals surface area contributed by atoms with Crippen molar-refractivity contribution in [3.05, 3.63) is 21.0 Å². The number of hydrogen-bond acceptors (Lipinski definition) is 4. The molecular weight excluding hydrogens is 404 g/mol. The van der Waals surface area contributed by atoms with Crippen LogP contribution in [0.25, 0.3) is 0 Å². The predicted molar refractivity (Wildman–Crippen MR) is 64.3 cm³/mol. The van der Waals surface area contributed by atoms with Gasteiger partial charge in [-0.3, -0.25) is 4.79 Å². The SMILES string of the molecule is COC(=O)Cc1nc(C(F)F)cc(I)c1OC(F)(F)F. The van der Waals surface area contributed by atoms with Crippen LogP contribution in [-0.4, -0.2) is 24.4 Å². The van der Waals surface area contributed by atoms with E-state index in [1.807, 2.05) is 0 Å². The van der Waals surface area contributed by atoms with E-state index in [1.165, 1.54) is 22.6 Å². The fourth-order valence-electron chi connectivity index (χ4n) is 1.24. The molecule has 0 saturated heterocycles. The summed E-state index contributed by atoms with van der Waals surface area (Å²) >= 11 is 1.39. The molecule has 0 radical (unpaired) electrons. The molecule has 1 aromatic heterocycles. The van der Waals surface area contributed by atoms with Gasteiger partial charge >= 0.3 is 12.3 Å². The zero-order valence-corrected chi connectivity index (χ0v) is 12.0. The maximum Gasteiger partial charge on any atom is 0.573 e. The lowest BCUT2D eigenvalue weighted by atomic mass is 10.2. The van der Waals surface area contributed by atoms with Crippen LogP contribution in [0.1, 0.15) is 17.8 Å². The van der Waals surface area contributed by atoms with Crippen LogP contribution in [-0.2, 0) is 16.0 Å². The highest BCUT2D eigenvalue weighted by Crippen LogP contribution is 2.33. The van der Waals surface area contributed by atoms with Gasteiger partial charge in [-0.15, -0.1) is 13.2 Å². The number of hydrogen-bond donors (Lipinski definition) is 0. The minimum Gasteiger partial charge on any atom is -0.469 e. The third-order valence-corrected chi connectivity index (χ3v) is 2.80. The Morgan fingerprint density at radius 1 is 1.45 bits per heavy atom. The second kappa shape index (κ2) is 6.50. The summed E-state index contributed by atoms with van der Waals surface area (Å²) in [6.07, 6.45) is -8.73. The first kappa shape index (κ1) is 16.9. The number of rotatable bonds is 4. The Balaban J connectivity index is 3.28. The maximum atomic E-state index is 12.6. The highest BCUT2D eigenvalue weighted by atomic mass is 127. The molecule has 1 heterocycles. The van der Waals surface area contributed by atoms with Gasteiger partial charge in [0.05, 0.1) is 22.8 Å². The van der Waals surface area contributed by atoms with E-state index < -0.39 is 42.3 Å². The molecule has 0 aliphatic carbocycles. The van der Waals surface area contributed by atoms with E-state index in [-0.39, 0.29) is 3.57 Å². The number of aromatic nitrogens is 1. The standard InChI is InChI=1S/C10H7F5INO3/c1-19-7(18)3-5-8(20-10(13,14)15)4(16)2-6(17-5)9(11)12/h2,9H,3H2,1H3. The van der Waals surface area contributed by atoms with Crippen molar-refractivity contribution in [2.75, 3.05) is 7.11 Å². The molecule has 0 atom stereocenters. The molecule has 0 spiro atoms. The Kier molecular flexibility index (Phi) is 5.48. The second-order valence-electron chi connectivity index (χ2n) is 3.41. The monoisotopic (exact) mass is 411 g/mol. The normalized spacial score (nSPS) is 11.6. The van der Waals surface area contributed by atoms with Gasteiger partial charge in [-0.25, -0.2) is 13.8 Å². The first-order valence-corrected chi connectivity index (χ1v) is 6.02. The minimum atomic E-state index is -5.03. The van der Waals surface area contributed by atoms with Crippen LogP contribution in [0.2, 0.25) is 0 Å². The minimum absolute atomic E-state index is 0.232. The van der Waals surface area contributed by atoms with Gasteiger partial charge in [-0.2, -0.15) is 0 Å². The lowest BCUT2D eigenvalue weighted by Gasteiger charge is -2.15. The Labute approximate surface area is 123 Å². The third-order valence-electron chi connectivity index (χ3n) is 2.00. The lowest BCUT2D eigenvalue weighted by Crippen LogP contribution is -2.21. The van der Waals surface area contributed by atoms with Crippen molar-refractivity contribution >= 4 is 28.6 Å². The summed E-state index contributed by atoms with van der Waals surface area (Å²) < 4.78 is 69.7. The van der Waals surface area contributed by atoms with E-state index in [0.717, 1.165) is 13.2 Å². The third kappa shape index (κ3) is 4.72. The van der Waals surface area contributed by atoms with Crippen LogP contribution >= 0.6 is 22.6 Å². The van der Waals surface area contributed by atoms with Crippen molar-refractivity contribution in [3.63, 3.8) is 0 Å². The summed E-state index contributed by atoms with van der Waals surface area (Å²) in [5.41, 5.74) is -1.31. The number of methoxy groups -OCH3 is 1. The smallest absolute Gasteiger partial charge is 0.469 e. The number of carbonyl (C=O) groups excluding carboxylic acids is 1. The quantitative estimate of drug-likeness (QED) is 0.434. The average molecular weight is 411 g/mol. The van der Waals surface area contributed by atoms with Gasteiger partial charge < -0.3 is 9.47 Å². The van der Waals surface area contributed by atoms with Crippen molar-refractivity contribution in [1.82, 2.24) is 4.98 Å². The number of esters is 1. The van der Waals surface area contributed by atoms with Gasteiger partial charge in [-0.1, -0.05) is 0 Å². The number of nitrogens with zero attached hydrogens (tertiary/aromatic N) is 1. The maximum absolute atomic E-state index is 12.6. The molecule has 20 heavy (non-hydrogen) atoms. The van der Waals surface area contributed by atoms with Gasteiger partial charge in [0.2, 0.25) is 0 Å². The van der Waals surface area contributed by atoms with Gasteiger partial charge in [-0.05, 0) is 28.7 Å². The van der Waals surface area contributed by atoms with E-state index in [2.05, 4.69) is 14.5 Å². The van der Waals surface area contributed by atoms with Crippen molar-refractivity contribution < 1.29 is 36.2 Å². The molecule has 0 fully saturated rings. The molecule has 10 heteroatoms. The van der Waals surface area contributed by atoms with Crippen LogP contribution < -0.4 is 4.74 Å². The van der Waals surface area contributed by atoms with Crippen molar-refractivity contribution in [3.8, 4) is 5.75 Å². The van der Waals surface area contributed by atoms with Gasteiger partial charge in [0.15, 0.2) is 5.75 Å². The summed E-state index contributed by atoms with van der Waals surface area (Å²) in [6, 6.07) is 0.757. The number of halogens is 6. The molecule has 0 aromatic carbocycles. The molecule has 0 bridgehead atoms. The number of alkyl halides is 5. The summed E-state index contributed by atoms with van der Waals surface area (Å²) in [4.78, 5) is 14.4. The first-order chi connectivity index (χ1) is 9.14. The Morgan fingerprint density at radius 3 is 2.50 bits per heavy atom. The van der Waals surface area contributed by atoms with E-state index in [1.54, 1.807) is 0 Å². The van der Waals surface area contributed by atoms with Crippen molar-refractivity contribution in [1.29, 1.82) is 0 Å². The zero-order chi connectivity index (χ0) is 15.5. The van der Waals surface area contributed by atoms with Crippen LogP contribution in [0.4, 0.5) is 22.0 Å². The van der Waals surface area contributed by atoms with Crippen LogP contribution in [0, 0.1) is 3.57 Å². The Hall–Kier alpha value is -1.20. The summed E-state index contributed by atoms with van der Waals surface area (Å²) in [6.45, 7) is 0. The zero-order valence-electron chi connectivity index (χ0n) is 9.80. The molecule has 1 rings (SSSR count). The summed E-state index contributed by atoms with van der Waals surface area (Å²) in [5.74, 6) is -1.71. The molecule has 4 nitrogen and oxygen atoms in total. The Bertz CT molecular complexity index is 506. The van der Waals surface area contributed by atoms with Crippen LogP contribution in [0.15, 0.2) is 6.07 Å². The van der Waals surface area contributed by atoms with E-state index >= 15 is 0 Å². The molecular formula is C10H7F5INO3. The first-order valence-electron chi connectivity index (χ1n) is 4.94. The number of pyridine rings is 1. The highest BCUT2D eigenvalue weighted by Gasteiger charge is 2.34. The van der Waals surface area contributed by atoms with Gasteiger partial charge in [0.25, 0.3) is 6.43 Å². The number of ether oxygens (including phenoxy) is 2.